The number of anilines is 1. The topological polar surface area (TPSA) is 50.3 Å². The molecule has 1 fully saturated rings. The number of rotatable bonds is 6. The largest absolute Gasteiger partial charge is 0.380 e. The van der Waals surface area contributed by atoms with Crippen LogP contribution in [0.5, 0.6) is 0 Å². The van der Waals surface area contributed by atoms with Gasteiger partial charge < -0.3 is 10.1 Å². The molecule has 1 aromatic heterocycles. The summed E-state index contributed by atoms with van der Waals surface area (Å²) >= 11 is 0. The maximum absolute atomic E-state index is 5.43. The third kappa shape index (κ3) is 4.44. The van der Waals surface area contributed by atoms with Crippen molar-refractivity contribution in [2.45, 2.75) is 38.8 Å². The molecular formula is C14H24N4O. The van der Waals surface area contributed by atoms with Crippen LogP contribution in [-0.4, -0.2) is 47.7 Å². The van der Waals surface area contributed by atoms with E-state index in [-0.39, 0.29) is 0 Å². The molecule has 1 saturated heterocycles. The third-order valence-electron chi connectivity index (χ3n) is 3.44. The Kier molecular flexibility index (Phi) is 5.54. The van der Waals surface area contributed by atoms with E-state index in [9.17, 15) is 0 Å². The number of nitrogens with zero attached hydrogens (tertiary/aromatic N) is 3. The number of piperidine rings is 1. The standard InChI is InChI=1S/C14H24N4O/c1-3-6-15-14-9-16-12(8-17-14)10-18-7-4-5-13(11-18)19-2/h8-9,13H,3-7,10-11H2,1-2H3,(H,15,17). The lowest BCUT2D eigenvalue weighted by molar-refractivity contribution is 0.0281. The second kappa shape index (κ2) is 7.40. The summed E-state index contributed by atoms with van der Waals surface area (Å²) in [4.78, 5) is 11.2. The molecule has 1 aliphatic rings. The molecule has 1 aromatic rings. The zero-order valence-electron chi connectivity index (χ0n) is 11.9. The molecule has 0 radical (unpaired) electrons. The van der Waals surface area contributed by atoms with Crippen molar-refractivity contribution in [1.82, 2.24) is 14.9 Å². The zero-order valence-corrected chi connectivity index (χ0v) is 11.9. The Hall–Kier alpha value is -1.20. The summed E-state index contributed by atoms with van der Waals surface area (Å²) in [6, 6.07) is 0. The SMILES string of the molecule is CCCNc1cnc(CN2CCCC(OC)C2)cn1. The number of likely N-dealkylation sites (tertiary alicyclic amines) is 1. The minimum atomic E-state index is 0.368. The van der Waals surface area contributed by atoms with Crippen LogP contribution < -0.4 is 5.32 Å². The number of nitrogens with one attached hydrogen (secondary N) is 1. The summed E-state index contributed by atoms with van der Waals surface area (Å²) in [6.07, 6.45) is 7.51. The van der Waals surface area contributed by atoms with Crippen LogP contribution in [0.1, 0.15) is 31.9 Å². The van der Waals surface area contributed by atoms with Gasteiger partial charge in [0.2, 0.25) is 0 Å². The van der Waals surface area contributed by atoms with Crippen LogP contribution in [-0.2, 0) is 11.3 Å². The predicted octanol–water partition coefficient (Wildman–Crippen LogP) is 1.91. The summed E-state index contributed by atoms with van der Waals surface area (Å²) in [5, 5.41) is 3.23. The Bertz CT molecular complexity index is 368. The van der Waals surface area contributed by atoms with Gasteiger partial charge in [-0.25, -0.2) is 4.98 Å². The summed E-state index contributed by atoms with van der Waals surface area (Å²) < 4.78 is 5.43. The number of hydrogen-bond donors (Lipinski definition) is 1. The minimum absolute atomic E-state index is 0.368. The molecule has 0 amide bonds. The van der Waals surface area contributed by atoms with E-state index in [1.54, 1.807) is 7.11 Å². The molecule has 1 N–H and O–H groups in total. The van der Waals surface area contributed by atoms with Crippen LogP contribution in [0.4, 0.5) is 5.82 Å². The smallest absolute Gasteiger partial charge is 0.144 e. The highest BCUT2D eigenvalue weighted by Gasteiger charge is 2.19. The van der Waals surface area contributed by atoms with E-state index >= 15 is 0 Å². The molecule has 5 heteroatoms. The Morgan fingerprint density at radius 3 is 3.00 bits per heavy atom. The van der Waals surface area contributed by atoms with Gasteiger partial charge in [0.05, 0.1) is 24.2 Å². The predicted molar refractivity (Wildman–Crippen MR) is 76.1 cm³/mol. The molecule has 0 spiro atoms. The Morgan fingerprint density at radius 1 is 1.42 bits per heavy atom. The van der Waals surface area contributed by atoms with Crippen LogP contribution in [0.2, 0.25) is 0 Å². The molecule has 1 atom stereocenters. The van der Waals surface area contributed by atoms with Gasteiger partial charge in [-0.15, -0.1) is 0 Å². The molecule has 5 nitrogen and oxygen atoms in total. The van der Waals surface area contributed by atoms with E-state index in [1.165, 1.54) is 12.8 Å². The Morgan fingerprint density at radius 2 is 2.32 bits per heavy atom. The average molecular weight is 264 g/mol. The van der Waals surface area contributed by atoms with E-state index in [2.05, 4.69) is 27.1 Å². The van der Waals surface area contributed by atoms with Crippen molar-refractivity contribution in [3.63, 3.8) is 0 Å². The van der Waals surface area contributed by atoms with Gasteiger partial charge in [-0.1, -0.05) is 6.92 Å². The van der Waals surface area contributed by atoms with E-state index < -0.39 is 0 Å². The molecule has 0 aromatic carbocycles. The molecule has 1 aliphatic heterocycles. The van der Waals surface area contributed by atoms with Gasteiger partial charge in [0.25, 0.3) is 0 Å². The van der Waals surface area contributed by atoms with E-state index in [1.807, 2.05) is 12.4 Å². The highest BCUT2D eigenvalue weighted by Crippen LogP contribution is 2.14. The summed E-state index contributed by atoms with van der Waals surface area (Å²) in [7, 11) is 1.79. The molecule has 19 heavy (non-hydrogen) atoms. The van der Waals surface area contributed by atoms with Gasteiger partial charge >= 0.3 is 0 Å². The van der Waals surface area contributed by atoms with Crippen LogP contribution in [0.15, 0.2) is 12.4 Å². The van der Waals surface area contributed by atoms with Gasteiger partial charge in [0, 0.05) is 26.7 Å². The van der Waals surface area contributed by atoms with Crippen LogP contribution >= 0.6 is 0 Å². The van der Waals surface area contributed by atoms with Gasteiger partial charge in [-0.2, -0.15) is 0 Å². The maximum Gasteiger partial charge on any atom is 0.144 e. The van der Waals surface area contributed by atoms with Crippen molar-refractivity contribution in [3.05, 3.63) is 18.1 Å². The summed E-state index contributed by atoms with van der Waals surface area (Å²) in [5.74, 6) is 0.860. The molecule has 0 bridgehead atoms. The van der Waals surface area contributed by atoms with Crippen LogP contribution in [0.25, 0.3) is 0 Å². The maximum atomic E-state index is 5.43. The first kappa shape index (κ1) is 14.2. The fourth-order valence-electron chi connectivity index (χ4n) is 2.36. The zero-order chi connectivity index (χ0) is 13.5. The van der Waals surface area contributed by atoms with Crippen LogP contribution in [0.3, 0.4) is 0 Å². The quantitative estimate of drug-likeness (QED) is 0.850. The first-order chi connectivity index (χ1) is 9.31. The number of ether oxygens (including phenoxy) is 1. The molecule has 2 rings (SSSR count). The van der Waals surface area contributed by atoms with Crippen molar-refractivity contribution in [2.75, 3.05) is 32.1 Å². The average Bonchev–Trinajstić information content (AvgIpc) is 2.47. The van der Waals surface area contributed by atoms with Gasteiger partial charge in [-0.05, 0) is 25.8 Å². The molecule has 0 aliphatic carbocycles. The van der Waals surface area contributed by atoms with E-state index in [0.717, 1.165) is 44.1 Å². The monoisotopic (exact) mass is 264 g/mol. The molecule has 2 heterocycles. The second-order valence-corrected chi connectivity index (χ2v) is 5.05. The van der Waals surface area contributed by atoms with E-state index in [0.29, 0.717) is 6.10 Å². The third-order valence-corrected chi connectivity index (χ3v) is 3.44. The Labute approximate surface area is 115 Å². The van der Waals surface area contributed by atoms with Gasteiger partial charge in [0.15, 0.2) is 0 Å². The van der Waals surface area contributed by atoms with Crippen molar-refractivity contribution in [3.8, 4) is 0 Å². The number of aromatic nitrogens is 2. The number of methoxy groups -OCH3 is 1. The minimum Gasteiger partial charge on any atom is -0.380 e. The first-order valence-corrected chi connectivity index (χ1v) is 7.11. The lowest BCUT2D eigenvalue weighted by atomic mass is 10.1. The van der Waals surface area contributed by atoms with Gasteiger partial charge in [-0.3, -0.25) is 9.88 Å². The molecule has 0 saturated carbocycles. The highest BCUT2D eigenvalue weighted by molar-refractivity contribution is 5.30. The lowest BCUT2D eigenvalue weighted by Gasteiger charge is -2.31. The summed E-state index contributed by atoms with van der Waals surface area (Å²) in [6.45, 7) is 6.05. The fraction of sp³-hybridized carbons (Fsp3) is 0.714. The first-order valence-electron chi connectivity index (χ1n) is 7.11. The van der Waals surface area contributed by atoms with Crippen molar-refractivity contribution in [1.29, 1.82) is 0 Å². The van der Waals surface area contributed by atoms with Gasteiger partial charge in [0.1, 0.15) is 5.82 Å². The summed E-state index contributed by atoms with van der Waals surface area (Å²) in [5.41, 5.74) is 1.03. The van der Waals surface area contributed by atoms with Crippen molar-refractivity contribution < 1.29 is 4.74 Å². The molecular weight excluding hydrogens is 240 g/mol. The molecule has 106 valence electrons. The van der Waals surface area contributed by atoms with Crippen LogP contribution in [0, 0.1) is 0 Å². The van der Waals surface area contributed by atoms with Crippen molar-refractivity contribution >= 4 is 5.82 Å². The van der Waals surface area contributed by atoms with Crippen molar-refractivity contribution in [2.24, 2.45) is 0 Å². The normalized spacial score (nSPS) is 20.4. The Balaban J connectivity index is 1.85. The van der Waals surface area contributed by atoms with E-state index in [4.69, 9.17) is 4.74 Å². The fourth-order valence-corrected chi connectivity index (χ4v) is 2.36. The lowest BCUT2D eigenvalue weighted by Crippen LogP contribution is -2.38. The molecule has 1 unspecified atom stereocenters. The second-order valence-electron chi connectivity index (χ2n) is 5.05. The highest BCUT2D eigenvalue weighted by atomic mass is 16.5. The number of hydrogen-bond acceptors (Lipinski definition) is 5.